The highest BCUT2D eigenvalue weighted by Crippen LogP contribution is 2.31. The Morgan fingerprint density at radius 1 is 1.27 bits per heavy atom. The van der Waals surface area contributed by atoms with Crippen LogP contribution in [-0.2, 0) is 0 Å². The summed E-state index contributed by atoms with van der Waals surface area (Å²) in [7, 11) is 3.01. The van der Waals surface area contributed by atoms with Gasteiger partial charge < -0.3 is 13.9 Å². The summed E-state index contributed by atoms with van der Waals surface area (Å²) >= 11 is 0. The molecule has 7 heteroatoms. The summed E-state index contributed by atoms with van der Waals surface area (Å²) in [5.41, 5.74) is 0.865. The van der Waals surface area contributed by atoms with Crippen molar-refractivity contribution in [3.8, 4) is 17.6 Å². The Balaban J connectivity index is 2.41. The lowest BCUT2D eigenvalue weighted by Gasteiger charge is -2.08. The van der Waals surface area contributed by atoms with Gasteiger partial charge in [-0.05, 0) is 35.9 Å². The number of nitrogens with zero attached hydrogens (tertiary/aromatic N) is 2. The molecule has 0 saturated heterocycles. The standard InChI is InChI=1S/C15H12N2O5/c1-20-13-5-3-10(8-14(13)21-2)11(9-16)7-12-4-6-15(22-12)17(18)19/h3-8H,1-2H3. The highest BCUT2D eigenvalue weighted by Gasteiger charge is 2.12. The van der Waals surface area contributed by atoms with E-state index in [1.54, 1.807) is 18.2 Å². The van der Waals surface area contributed by atoms with Gasteiger partial charge in [-0.3, -0.25) is 10.1 Å². The Labute approximate surface area is 126 Å². The second kappa shape index (κ2) is 6.45. The normalized spacial score (nSPS) is 10.9. The van der Waals surface area contributed by atoms with Crippen LogP contribution in [0.25, 0.3) is 11.6 Å². The van der Waals surface area contributed by atoms with Crippen LogP contribution in [0.15, 0.2) is 34.7 Å². The van der Waals surface area contributed by atoms with Crippen molar-refractivity contribution >= 4 is 17.5 Å². The Morgan fingerprint density at radius 3 is 2.55 bits per heavy atom. The topological polar surface area (TPSA) is 98.5 Å². The predicted molar refractivity (Wildman–Crippen MR) is 78.4 cm³/mol. The number of hydrogen-bond donors (Lipinski definition) is 0. The third-order valence-corrected chi connectivity index (χ3v) is 2.89. The predicted octanol–water partition coefficient (Wildman–Crippen LogP) is 3.27. The summed E-state index contributed by atoms with van der Waals surface area (Å²) in [5.74, 6) is 0.859. The van der Waals surface area contributed by atoms with Crippen LogP contribution in [-0.4, -0.2) is 19.1 Å². The molecular weight excluding hydrogens is 288 g/mol. The van der Waals surface area contributed by atoms with Crippen molar-refractivity contribution in [3.05, 3.63) is 51.8 Å². The fourth-order valence-electron chi connectivity index (χ4n) is 1.84. The van der Waals surface area contributed by atoms with E-state index in [-0.39, 0.29) is 17.2 Å². The molecule has 0 aliphatic rings. The molecule has 0 saturated carbocycles. The van der Waals surface area contributed by atoms with Crippen molar-refractivity contribution in [1.29, 1.82) is 5.26 Å². The summed E-state index contributed by atoms with van der Waals surface area (Å²) in [4.78, 5) is 9.95. The lowest BCUT2D eigenvalue weighted by molar-refractivity contribution is -0.402. The Bertz CT molecular complexity index is 770. The van der Waals surface area contributed by atoms with E-state index in [1.165, 1.54) is 32.4 Å². The second-order valence-electron chi connectivity index (χ2n) is 4.17. The summed E-state index contributed by atoms with van der Waals surface area (Å²) in [6, 6.07) is 9.69. The largest absolute Gasteiger partial charge is 0.493 e. The molecule has 0 unspecified atom stereocenters. The number of allylic oxidation sites excluding steroid dienone is 1. The minimum absolute atomic E-state index is 0.220. The molecule has 2 aromatic rings. The fraction of sp³-hybridized carbons (Fsp3) is 0.133. The van der Waals surface area contributed by atoms with Crippen LogP contribution in [0.2, 0.25) is 0 Å². The van der Waals surface area contributed by atoms with Gasteiger partial charge in [0.25, 0.3) is 0 Å². The molecule has 0 N–H and O–H groups in total. The number of benzene rings is 1. The van der Waals surface area contributed by atoms with E-state index >= 15 is 0 Å². The molecule has 0 fully saturated rings. The Kier molecular flexibility index (Phi) is 4.44. The molecule has 0 radical (unpaired) electrons. The zero-order valence-electron chi connectivity index (χ0n) is 11.9. The average Bonchev–Trinajstić information content (AvgIpc) is 3.00. The van der Waals surface area contributed by atoms with Crippen LogP contribution < -0.4 is 9.47 Å². The monoisotopic (exact) mass is 300 g/mol. The maximum atomic E-state index is 10.6. The molecule has 1 heterocycles. The number of hydrogen-bond acceptors (Lipinski definition) is 6. The van der Waals surface area contributed by atoms with E-state index in [4.69, 9.17) is 13.9 Å². The molecule has 2 rings (SSSR count). The molecule has 22 heavy (non-hydrogen) atoms. The fourth-order valence-corrected chi connectivity index (χ4v) is 1.84. The maximum absolute atomic E-state index is 10.6. The molecule has 0 amide bonds. The zero-order valence-corrected chi connectivity index (χ0v) is 11.9. The van der Waals surface area contributed by atoms with E-state index in [9.17, 15) is 15.4 Å². The van der Waals surface area contributed by atoms with Crippen molar-refractivity contribution in [1.82, 2.24) is 0 Å². The van der Waals surface area contributed by atoms with Crippen LogP contribution in [0.4, 0.5) is 5.88 Å². The van der Waals surface area contributed by atoms with E-state index < -0.39 is 4.92 Å². The SMILES string of the molecule is COc1ccc(C(C#N)=Cc2ccc([N+](=O)[O-])o2)cc1OC. The highest BCUT2D eigenvalue weighted by molar-refractivity contribution is 5.89. The van der Waals surface area contributed by atoms with E-state index in [1.807, 2.05) is 6.07 Å². The van der Waals surface area contributed by atoms with Gasteiger partial charge in [-0.15, -0.1) is 0 Å². The molecule has 0 atom stereocenters. The van der Waals surface area contributed by atoms with E-state index in [0.29, 0.717) is 17.1 Å². The van der Waals surface area contributed by atoms with Gasteiger partial charge in [-0.2, -0.15) is 5.26 Å². The van der Waals surface area contributed by atoms with Crippen molar-refractivity contribution in [2.24, 2.45) is 0 Å². The second-order valence-corrected chi connectivity index (χ2v) is 4.17. The van der Waals surface area contributed by atoms with Gasteiger partial charge >= 0.3 is 5.88 Å². The van der Waals surface area contributed by atoms with Gasteiger partial charge in [0.2, 0.25) is 0 Å². The van der Waals surface area contributed by atoms with Gasteiger partial charge in [0.1, 0.15) is 10.7 Å². The van der Waals surface area contributed by atoms with E-state index in [2.05, 4.69) is 0 Å². The molecule has 0 bridgehead atoms. The number of methoxy groups -OCH3 is 2. The summed E-state index contributed by atoms with van der Waals surface area (Å²) in [5, 5.41) is 19.9. The van der Waals surface area contributed by atoms with Crippen molar-refractivity contribution in [2.75, 3.05) is 14.2 Å². The van der Waals surface area contributed by atoms with Crippen LogP contribution in [0.5, 0.6) is 11.5 Å². The highest BCUT2D eigenvalue weighted by atomic mass is 16.6. The first-order valence-corrected chi connectivity index (χ1v) is 6.17. The zero-order chi connectivity index (χ0) is 16.1. The van der Waals surface area contributed by atoms with Crippen LogP contribution >= 0.6 is 0 Å². The first-order valence-electron chi connectivity index (χ1n) is 6.17. The number of nitro groups is 1. The molecule has 0 aliphatic carbocycles. The van der Waals surface area contributed by atoms with Crippen molar-refractivity contribution in [3.63, 3.8) is 0 Å². The minimum Gasteiger partial charge on any atom is -0.493 e. The van der Waals surface area contributed by atoms with Gasteiger partial charge in [-0.25, -0.2) is 0 Å². The molecule has 112 valence electrons. The van der Waals surface area contributed by atoms with Crippen molar-refractivity contribution in [2.45, 2.75) is 0 Å². The quantitative estimate of drug-likeness (QED) is 0.477. The van der Waals surface area contributed by atoms with Crippen molar-refractivity contribution < 1.29 is 18.8 Å². The summed E-state index contributed by atoms with van der Waals surface area (Å²) in [6.07, 6.45) is 1.42. The smallest absolute Gasteiger partial charge is 0.433 e. The van der Waals surface area contributed by atoms with Crippen LogP contribution in [0, 0.1) is 21.4 Å². The molecule has 1 aromatic heterocycles. The van der Waals surface area contributed by atoms with Gasteiger partial charge in [0.05, 0.1) is 31.9 Å². The van der Waals surface area contributed by atoms with E-state index in [0.717, 1.165) is 0 Å². The average molecular weight is 300 g/mol. The lowest BCUT2D eigenvalue weighted by Crippen LogP contribution is -1.92. The maximum Gasteiger partial charge on any atom is 0.433 e. The summed E-state index contributed by atoms with van der Waals surface area (Å²) in [6.45, 7) is 0. The molecule has 0 spiro atoms. The molecular formula is C15H12N2O5. The lowest BCUT2D eigenvalue weighted by atomic mass is 10.1. The molecule has 0 aliphatic heterocycles. The van der Waals surface area contributed by atoms with Gasteiger partial charge in [0, 0.05) is 0 Å². The number of furan rings is 1. The Morgan fingerprint density at radius 2 is 2.00 bits per heavy atom. The first kappa shape index (κ1) is 15.1. The third-order valence-electron chi connectivity index (χ3n) is 2.89. The summed E-state index contributed by atoms with van der Waals surface area (Å²) < 4.78 is 15.3. The Hall–Kier alpha value is -3.27. The number of ether oxygens (including phenoxy) is 2. The van der Waals surface area contributed by atoms with Gasteiger partial charge in [0.15, 0.2) is 11.5 Å². The van der Waals surface area contributed by atoms with Crippen LogP contribution in [0.1, 0.15) is 11.3 Å². The molecule has 1 aromatic carbocycles. The minimum atomic E-state index is -0.639. The van der Waals surface area contributed by atoms with Gasteiger partial charge in [-0.1, -0.05) is 0 Å². The third kappa shape index (κ3) is 3.07. The number of nitriles is 1. The first-order chi connectivity index (χ1) is 10.6. The number of rotatable bonds is 5. The molecule has 7 nitrogen and oxygen atoms in total. The van der Waals surface area contributed by atoms with Crippen LogP contribution in [0.3, 0.4) is 0 Å².